The number of rotatable bonds is 17. The van der Waals surface area contributed by atoms with Gasteiger partial charge in [-0.15, -0.1) is 0 Å². The van der Waals surface area contributed by atoms with Gasteiger partial charge in [0, 0.05) is 0 Å². The van der Waals surface area contributed by atoms with Crippen molar-refractivity contribution in [2.24, 2.45) is 23.3 Å². The first-order chi connectivity index (χ1) is 16.3. The molecular formula is C22H43N7O5Se. The van der Waals surface area contributed by atoms with Gasteiger partial charge in [-0.3, -0.25) is 0 Å². The molecular weight excluding hydrogens is 521 g/mol. The van der Waals surface area contributed by atoms with Gasteiger partial charge in [0.15, 0.2) is 0 Å². The predicted octanol–water partition coefficient (Wildman–Crippen LogP) is -0.621. The standard InChI is InChI=1S/C22H43N7O5Se/c1-12(2)11-14(23)18(30)29-17(13(3)4)20(32)27-15(8-10-35-5)19(31)28-16(21(33)34)7-6-9-26-22(24)25/h12-17H,6-11,23H2,1-5H3,(H,27,32)(H,28,31)(H,29,30)(H,33,34)(H4,24,25,26). The van der Waals surface area contributed by atoms with E-state index in [1.165, 1.54) is 0 Å². The van der Waals surface area contributed by atoms with Crippen LogP contribution in [0.2, 0.25) is 11.1 Å². The second-order valence-corrected chi connectivity index (χ2v) is 11.3. The summed E-state index contributed by atoms with van der Waals surface area (Å²) in [4.78, 5) is 50.1. The van der Waals surface area contributed by atoms with Crippen LogP contribution in [0, 0.1) is 17.2 Å². The number of nitrogens with two attached hydrogens (primary N) is 2. The number of guanidine groups is 1. The minimum atomic E-state index is -1.20. The monoisotopic (exact) mass is 565 g/mol. The molecule has 0 spiro atoms. The maximum atomic E-state index is 13.0. The zero-order valence-corrected chi connectivity index (χ0v) is 23.1. The van der Waals surface area contributed by atoms with Gasteiger partial charge in [0.25, 0.3) is 0 Å². The molecule has 12 nitrogen and oxygen atoms in total. The van der Waals surface area contributed by atoms with E-state index in [0.29, 0.717) is 31.1 Å². The molecule has 0 aliphatic rings. The van der Waals surface area contributed by atoms with E-state index in [2.05, 4.69) is 21.3 Å². The number of amides is 3. The molecule has 0 fully saturated rings. The van der Waals surface area contributed by atoms with Crippen LogP contribution in [-0.2, 0) is 19.2 Å². The van der Waals surface area contributed by atoms with Gasteiger partial charge in [-0.2, -0.15) is 0 Å². The minimum absolute atomic E-state index is 0.123. The molecule has 4 unspecified atom stereocenters. The number of hydrogen-bond acceptors (Lipinski definition) is 6. The van der Waals surface area contributed by atoms with E-state index in [4.69, 9.17) is 16.9 Å². The summed E-state index contributed by atoms with van der Waals surface area (Å²) in [5, 5.41) is 27.8. The number of carbonyl (C=O) groups is 4. The van der Waals surface area contributed by atoms with Crippen LogP contribution in [-0.4, -0.2) is 80.4 Å². The fraction of sp³-hybridized carbons (Fsp3) is 0.773. The van der Waals surface area contributed by atoms with Crippen LogP contribution in [0.15, 0.2) is 0 Å². The van der Waals surface area contributed by atoms with E-state index in [-0.39, 0.29) is 39.2 Å². The van der Waals surface area contributed by atoms with E-state index in [9.17, 15) is 24.3 Å². The first-order valence-corrected chi connectivity index (χ1v) is 14.7. The Bertz CT molecular complexity index is 720. The molecule has 0 saturated heterocycles. The number of hydrogen-bond donors (Lipinski definition) is 8. The Morgan fingerprint density at radius 3 is 2.03 bits per heavy atom. The number of carboxylic acid groups (broad SMARTS) is 1. The fourth-order valence-electron chi connectivity index (χ4n) is 3.24. The van der Waals surface area contributed by atoms with Crippen molar-refractivity contribution in [2.45, 2.75) is 88.7 Å². The summed E-state index contributed by atoms with van der Waals surface area (Å²) in [6.45, 7) is 7.74. The third-order valence-electron chi connectivity index (χ3n) is 5.15. The SMILES string of the molecule is C[Se]CCC(NC(=O)C(NC(=O)C(N)CC(C)C)C(C)C)C(=O)NC(CCCNC(=N)N)C(=O)O. The third-order valence-corrected chi connectivity index (χ3v) is 6.50. The van der Waals surface area contributed by atoms with E-state index < -0.39 is 47.9 Å². The normalized spacial score (nSPS) is 14.5. The van der Waals surface area contributed by atoms with Gasteiger partial charge in [-0.25, -0.2) is 0 Å². The molecule has 0 aromatic heterocycles. The Morgan fingerprint density at radius 1 is 0.943 bits per heavy atom. The van der Waals surface area contributed by atoms with Crippen molar-refractivity contribution >= 4 is 44.6 Å². The fourth-order valence-corrected chi connectivity index (χ4v) is 4.22. The van der Waals surface area contributed by atoms with Crippen molar-refractivity contribution in [1.29, 1.82) is 5.41 Å². The Balaban J connectivity index is 5.31. The van der Waals surface area contributed by atoms with Crippen molar-refractivity contribution < 1.29 is 24.3 Å². The predicted molar refractivity (Wildman–Crippen MR) is 136 cm³/mol. The molecule has 0 aliphatic carbocycles. The Hall–Kier alpha value is -2.37. The molecule has 35 heavy (non-hydrogen) atoms. The quantitative estimate of drug-likeness (QED) is 0.0492. The van der Waals surface area contributed by atoms with Gasteiger partial charge in [0.05, 0.1) is 0 Å². The van der Waals surface area contributed by atoms with E-state index >= 15 is 0 Å². The number of aliphatic carboxylic acids is 1. The van der Waals surface area contributed by atoms with Gasteiger partial charge in [0.2, 0.25) is 0 Å². The van der Waals surface area contributed by atoms with Crippen molar-refractivity contribution in [3.8, 4) is 0 Å². The zero-order chi connectivity index (χ0) is 27.1. The van der Waals surface area contributed by atoms with Gasteiger partial charge < -0.3 is 0 Å². The van der Waals surface area contributed by atoms with Gasteiger partial charge >= 0.3 is 214 Å². The zero-order valence-electron chi connectivity index (χ0n) is 21.3. The van der Waals surface area contributed by atoms with E-state index in [1.807, 2.05) is 19.7 Å². The summed E-state index contributed by atoms with van der Waals surface area (Å²) < 4.78 is 0. The summed E-state index contributed by atoms with van der Waals surface area (Å²) in [6, 6.07) is -3.74. The molecule has 4 atom stereocenters. The average Bonchev–Trinajstić information content (AvgIpc) is 2.75. The van der Waals surface area contributed by atoms with Crippen LogP contribution < -0.4 is 32.7 Å². The molecule has 0 rings (SSSR count). The van der Waals surface area contributed by atoms with Crippen molar-refractivity contribution in [2.75, 3.05) is 6.54 Å². The Kier molecular flexibility index (Phi) is 16.0. The molecule has 0 aromatic carbocycles. The van der Waals surface area contributed by atoms with Gasteiger partial charge in [-0.1, -0.05) is 0 Å². The molecule has 0 heterocycles. The van der Waals surface area contributed by atoms with Crippen LogP contribution in [0.25, 0.3) is 0 Å². The van der Waals surface area contributed by atoms with Crippen molar-refractivity contribution in [1.82, 2.24) is 21.3 Å². The van der Waals surface area contributed by atoms with E-state index in [0.717, 1.165) is 0 Å². The van der Waals surface area contributed by atoms with Crippen LogP contribution >= 0.6 is 0 Å². The molecule has 0 radical (unpaired) electrons. The molecule has 0 saturated carbocycles. The Morgan fingerprint density at radius 2 is 1.54 bits per heavy atom. The van der Waals surface area contributed by atoms with Gasteiger partial charge in [-0.05, 0) is 0 Å². The maximum absolute atomic E-state index is 13.0. The van der Waals surface area contributed by atoms with E-state index in [1.54, 1.807) is 13.8 Å². The molecule has 13 heteroatoms. The van der Waals surface area contributed by atoms with Crippen LogP contribution in [0.1, 0.15) is 53.4 Å². The second kappa shape index (κ2) is 17.1. The van der Waals surface area contributed by atoms with Crippen LogP contribution in [0.3, 0.4) is 0 Å². The number of carboxylic acids is 1. The third kappa shape index (κ3) is 13.9. The second-order valence-electron chi connectivity index (χ2n) is 9.19. The molecule has 3 amide bonds. The Labute approximate surface area is 214 Å². The summed E-state index contributed by atoms with van der Waals surface area (Å²) in [5.41, 5.74) is 11.2. The average molecular weight is 565 g/mol. The van der Waals surface area contributed by atoms with Crippen LogP contribution in [0.5, 0.6) is 0 Å². The summed E-state index contributed by atoms with van der Waals surface area (Å²) in [6.07, 6.45) is 1.31. The molecule has 10 N–H and O–H groups in total. The molecule has 0 bridgehead atoms. The topological polar surface area (TPSA) is 213 Å². The summed E-state index contributed by atoms with van der Waals surface area (Å²) in [5.74, 6) is -1.02. The molecule has 0 aliphatic heterocycles. The first kappa shape index (κ1) is 32.6. The number of carbonyl (C=O) groups excluding carboxylic acids is 3. The van der Waals surface area contributed by atoms with Crippen molar-refractivity contribution in [3.05, 3.63) is 0 Å². The number of nitrogens with one attached hydrogen (secondary N) is 5. The first-order valence-electron chi connectivity index (χ1n) is 11.8. The van der Waals surface area contributed by atoms with Gasteiger partial charge in [0.1, 0.15) is 0 Å². The van der Waals surface area contributed by atoms with Crippen molar-refractivity contribution in [3.63, 3.8) is 0 Å². The molecule has 0 aromatic rings. The van der Waals surface area contributed by atoms with Crippen LogP contribution in [0.4, 0.5) is 0 Å². The summed E-state index contributed by atoms with van der Waals surface area (Å²) >= 11 is 0.239. The molecule has 202 valence electrons. The summed E-state index contributed by atoms with van der Waals surface area (Å²) in [7, 11) is 0.